The van der Waals surface area contributed by atoms with Crippen LogP contribution in [0.4, 0.5) is 4.39 Å². The summed E-state index contributed by atoms with van der Waals surface area (Å²) in [6, 6.07) is 17.4. The number of halogens is 2. The van der Waals surface area contributed by atoms with Crippen molar-refractivity contribution < 1.29 is 15.3 Å². The maximum Gasteiger partial charge on any atom is 0.123 e. The van der Waals surface area contributed by atoms with Crippen molar-refractivity contribution in [2.45, 2.75) is 0 Å². The van der Waals surface area contributed by atoms with Crippen LogP contribution in [0.3, 0.4) is 0 Å². The van der Waals surface area contributed by atoms with Crippen molar-refractivity contribution in [1.29, 1.82) is 0 Å². The lowest BCUT2D eigenvalue weighted by atomic mass is 10.4. The molecule has 2 nitrogen and oxygen atoms in total. The molecule has 0 fully saturated rings. The van der Waals surface area contributed by atoms with Gasteiger partial charge in [-0.3, -0.25) is 0 Å². The molecule has 2 aromatic carbocycles. The van der Waals surface area contributed by atoms with E-state index in [4.69, 9.17) is 11.6 Å². The average Bonchev–Trinajstić information content (AvgIpc) is 2.21. The molecule has 0 saturated heterocycles. The number of rotatable bonds is 0. The smallest absolute Gasteiger partial charge is 0.123 e. The van der Waals surface area contributed by atoms with Crippen LogP contribution in [0.1, 0.15) is 0 Å². The van der Waals surface area contributed by atoms with Gasteiger partial charge in [0.05, 0.1) is 0 Å². The maximum atomic E-state index is 11.9. The topological polar surface area (TPSA) is 63.0 Å². The van der Waals surface area contributed by atoms with Crippen LogP contribution in [0.5, 0.6) is 0 Å². The first-order valence-corrected chi connectivity index (χ1v) is 4.58. The van der Waals surface area contributed by atoms with Gasteiger partial charge in [0.25, 0.3) is 0 Å². The highest BCUT2D eigenvalue weighted by Crippen LogP contribution is 2.03. The van der Waals surface area contributed by atoms with Gasteiger partial charge in [-0.25, -0.2) is 4.39 Å². The molecule has 0 amide bonds. The van der Waals surface area contributed by atoms with Gasteiger partial charge in [0, 0.05) is 5.02 Å². The fraction of sp³-hybridized carbons (Fsp3) is 0. The molecule has 88 valence electrons. The standard InChI is InChI=1S/C6H5Cl.C6H5F.2H2O/c2*7-6-4-2-1-3-5-6;;/h2*1-5H;2*1H2. The van der Waals surface area contributed by atoms with Gasteiger partial charge in [-0.2, -0.15) is 0 Å². The molecular formula is C12H14ClFO2. The monoisotopic (exact) mass is 244 g/mol. The molecule has 0 atom stereocenters. The Labute approximate surface area is 98.9 Å². The second kappa shape index (κ2) is 10.1. The third-order valence-corrected chi connectivity index (χ3v) is 1.72. The van der Waals surface area contributed by atoms with E-state index >= 15 is 0 Å². The summed E-state index contributed by atoms with van der Waals surface area (Å²) < 4.78 is 11.9. The second-order valence-electron chi connectivity index (χ2n) is 2.59. The van der Waals surface area contributed by atoms with Gasteiger partial charge < -0.3 is 11.0 Å². The first-order chi connectivity index (χ1) is 6.79. The fourth-order valence-electron chi connectivity index (χ4n) is 0.829. The van der Waals surface area contributed by atoms with Crippen LogP contribution < -0.4 is 0 Å². The van der Waals surface area contributed by atoms with Gasteiger partial charge >= 0.3 is 0 Å². The summed E-state index contributed by atoms with van der Waals surface area (Å²) in [7, 11) is 0. The molecule has 0 unspecified atom stereocenters. The molecule has 0 spiro atoms. The maximum absolute atomic E-state index is 11.9. The lowest BCUT2D eigenvalue weighted by Crippen LogP contribution is -1.63. The van der Waals surface area contributed by atoms with Crippen molar-refractivity contribution >= 4 is 11.6 Å². The molecule has 0 radical (unpaired) electrons. The molecule has 2 rings (SSSR count). The normalized spacial score (nSPS) is 7.62. The summed E-state index contributed by atoms with van der Waals surface area (Å²) in [5.74, 6) is -0.178. The summed E-state index contributed by atoms with van der Waals surface area (Å²) in [5.41, 5.74) is 0. The molecule has 16 heavy (non-hydrogen) atoms. The molecule has 0 saturated carbocycles. The van der Waals surface area contributed by atoms with Crippen molar-refractivity contribution in [3.05, 3.63) is 71.5 Å². The van der Waals surface area contributed by atoms with Crippen LogP contribution >= 0.6 is 11.6 Å². The molecule has 4 N–H and O–H groups in total. The lowest BCUT2D eigenvalue weighted by molar-refractivity contribution is 0.628. The van der Waals surface area contributed by atoms with Crippen molar-refractivity contribution in [2.24, 2.45) is 0 Å². The minimum Gasteiger partial charge on any atom is -0.412 e. The van der Waals surface area contributed by atoms with Crippen LogP contribution in [0.2, 0.25) is 5.02 Å². The summed E-state index contributed by atoms with van der Waals surface area (Å²) in [6.07, 6.45) is 0. The van der Waals surface area contributed by atoms with Crippen LogP contribution in [0, 0.1) is 5.82 Å². The third-order valence-electron chi connectivity index (χ3n) is 1.47. The van der Waals surface area contributed by atoms with Crippen molar-refractivity contribution in [1.82, 2.24) is 0 Å². The van der Waals surface area contributed by atoms with E-state index in [9.17, 15) is 4.39 Å². The molecular weight excluding hydrogens is 231 g/mol. The van der Waals surface area contributed by atoms with E-state index in [1.54, 1.807) is 18.2 Å². The van der Waals surface area contributed by atoms with E-state index in [1.807, 2.05) is 30.3 Å². The zero-order valence-electron chi connectivity index (χ0n) is 8.53. The van der Waals surface area contributed by atoms with E-state index in [1.165, 1.54) is 12.1 Å². The van der Waals surface area contributed by atoms with Gasteiger partial charge in [-0.05, 0) is 24.3 Å². The Morgan fingerprint density at radius 1 is 0.688 bits per heavy atom. The highest BCUT2D eigenvalue weighted by molar-refractivity contribution is 6.30. The Hall–Kier alpha value is -1.42. The quantitative estimate of drug-likeness (QED) is 0.684. The van der Waals surface area contributed by atoms with Crippen LogP contribution in [0.25, 0.3) is 0 Å². The van der Waals surface area contributed by atoms with Crippen molar-refractivity contribution in [3.8, 4) is 0 Å². The van der Waals surface area contributed by atoms with Gasteiger partial charge in [0.2, 0.25) is 0 Å². The first-order valence-electron chi connectivity index (χ1n) is 4.20. The Morgan fingerprint density at radius 3 is 1.25 bits per heavy atom. The average molecular weight is 245 g/mol. The van der Waals surface area contributed by atoms with E-state index in [-0.39, 0.29) is 16.8 Å². The third kappa shape index (κ3) is 7.94. The predicted molar refractivity (Wildman–Crippen MR) is 65.1 cm³/mol. The zero-order valence-corrected chi connectivity index (χ0v) is 9.29. The minimum atomic E-state index is -0.178. The molecule has 0 bridgehead atoms. The van der Waals surface area contributed by atoms with Crippen molar-refractivity contribution in [2.75, 3.05) is 0 Å². The summed E-state index contributed by atoms with van der Waals surface area (Å²) >= 11 is 5.54. The lowest BCUT2D eigenvalue weighted by Gasteiger charge is -1.80. The van der Waals surface area contributed by atoms with Gasteiger partial charge in [-0.1, -0.05) is 48.0 Å². The van der Waals surface area contributed by atoms with Crippen LogP contribution in [-0.4, -0.2) is 11.0 Å². The van der Waals surface area contributed by atoms with E-state index in [2.05, 4.69) is 0 Å². The Kier molecular flexibility index (Phi) is 10.7. The SMILES string of the molecule is Clc1ccccc1.Fc1ccccc1.O.O. The fourth-order valence-corrected chi connectivity index (χ4v) is 0.975. The number of hydrogen-bond acceptors (Lipinski definition) is 0. The zero-order chi connectivity index (χ0) is 10.2. The predicted octanol–water partition coefficient (Wildman–Crippen LogP) is 2.52. The largest absolute Gasteiger partial charge is 0.412 e. The number of hydrogen-bond donors (Lipinski definition) is 0. The molecule has 0 aliphatic rings. The Bertz CT molecular complexity index is 316. The molecule has 0 aliphatic carbocycles. The number of benzene rings is 2. The summed E-state index contributed by atoms with van der Waals surface area (Å²) in [5, 5.41) is 0.794. The van der Waals surface area contributed by atoms with Crippen LogP contribution in [0.15, 0.2) is 60.7 Å². The highest BCUT2D eigenvalue weighted by atomic mass is 35.5. The first kappa shape index (κ1) is 17.0. The second-order valence-corrected chi connectivity index (χ2v) is 3.03. The molecule has 0 aliphatic heterocycles. The van der Waals surface area contributed by atoms with Crippen molar-refractivity contribution in [3.63, 3.8) is 0 Å². The molecule has 0 heterocycles. The van der Waals surface area contributed by atoms with E-state index in [0.717, 1.165) is 5.02 Å². The molecule has 2 aromatic rings. The molecule has 4 heteroatoms. The molecule has 0 aromatic heterocycles. The Balaban J connectivity index is 0. The Morgan fingerprint density at radius 2 is 1.06 bits per heavy atom. The summed E-state index contributed by atoms with van der Waals surface area (Å²) in [4.78, 5) is 0. The van der Waals surface area contributed by atoms with Gasteiger partial charge in [0.15, 0.2) is 0 Å². The van der Waals surface area contributed by atoms with E-state index in [0.29, 0.717) is 0 Å². The van der Waals surface area contributed by atoms with E-state index < -0.39 is 0 Å². The highest BCUT2D eigenvalue weighted by Gasteiger charge is 1.77. The van der Waals surface area contributed by atoms with Gasteiger partial charge in [0.1, 0.15) is 5.82 Å². The minimum absolute atomic E-state index is 0. The summed E-state index contributed by atoms with van der Waals surface area (Å²) in [6.45, 7) is 0. The van der Waals surface area contributed by atoms with Gasteiger partial charge in [-0.15, -0.1) is 0 Å². The van der Waals surface area contributed by atoms with Crippen LogP contribution in [-0.2, 0) is 0 Å².